The molecular weight excluding hydrogens is 164 g/mol. The summed E-state index contributed by atoms with van der Waals surface area (Å²) in [7, 11) is 2.09. The van der Waals surface area contributed by atoms with Crippen molar-refractivity contribution in [2.45, 2.75) is 38.8 Å². The molecule has 3 unspecified atom stereocenters. The van der Waals surface area contributed by atoms with E-state index in [1.807, 2.05) is 0 Å². The molecule has 76 valence electrons. The normalized spacial score (nSPS) is 36.6. The van der Waals surface area contributed by atoms with Gasteiger partial charge in [-0.1, -0.05) is 0 Å². The Balaban J connectivity index is 2.67. The Kier molecular flexibility index (Phi) is 3.45. The number of carbonyl (C=O) groups excluding carboxylic acids is 1. The number of ketones is 1. The fourth-order valence-corrected chi connectivity index (χ4v) is 2.12. The number of hydrogen-bond donors (Lipinski definition) is 1. The summed E-state index contributed by atoms with van der Waals surface area (Å²) in [6.45, 7) is 4.84. The summed E-state index contributed by atoms with van der Waals surface area (Å²) in [6, 6.07) is 0.733. The standard InChI is InChI=1S/C10H20N2O/c1-7-6-10(13)9(4-5-11)8(2)12(7)3/h7-9H,4-6,11H2,1-3H3. The van der Waals surface area contributed by atoms with Crippen molar-refractivity contribution >= 4 is 5.78 Å². The molecular formula is C10H20N2O. The number of nitrogens with two attached hydrogens (primary N) is 1. The van der Waals surface area contributed by atoms with Gasteiger partial charge in [-0.05, 0) is 33.9 Å². The van der Waals surface area contributed by atoms with E-state index in [-0.39, 0.29) is 5.92 Å². The third kappa shape index (κ3) is 2.09. The highest BCUT2D eigenvalue weighted by Crippen LogP contribution is 2.25. The Morgan fingerprint density at radius 3 is 2.69 bits per heavy atom. The molecule has 3 atom stereocenters. The van der Waals surface area contributed by atoms with Crippen molar-refractivity contribution in [2.75, 3.05) is 13.6 Å². The topological polar surface area (TPSA) is 46.3 Å². The van der Waals surface area contributed by atoms with Crippen molar-refractivity contribution in [3.05, 3.63) is 0 Å². The Bertz CT molecular complexity index is 193. The van der Waals surface area contributed by atoms with Gasteiger partial charge in [0.15, 0.2) is 0 Å². The third-order valence-electron chi connectivity index (χ3n) is 3.31. The van der Waals surface area contributed by atoms with Crippen LogP contribution >= 0.6 is 0 Å². The monoisotopic (exact) mass is 184 g/mol. The minimum atomic E-state index is 0.159. The summed E-state index contributed by atoms with van der Waals surface area (Å²) in [5.41, 5.74) is 5.49. The van der Waals surface area contributed by atoms with Crippen molar-refractivity contribution < 1.29 is 4.79 Å². The first kappa shape index (κ1) is 10.7. The van der Waals surface area contributed by atoms with E-state index in [1.54, 1.807) is 0 Å². The second-order valence-corrected chi connectivity index (χ2v) is 4.11. The van der Waals surface area contributed by atoms with Crippen LogP contribution in [0.4, 0.5) is 0 Å². The fourth-order valence-electron chi connectivity index (χ4n) is 2.12. The highest BCUT2D eigenvalue weighted by atomic mass is 16.1. The molecule has 0 saturated carbocycles. The van der Waals surface area contributed by atoms with Gasteiger partial charge in [-0.2, -0.15) is 0 Å². The summed E-state index contributed by atoms with van der Waals surface area (Å²) >= 11 is 0. The van der Waals surface area contributed by atoms with Crippen molar-refractivity contribution in [3.63, 3.8) is 0 Å². The lowest BCUT2D eigenvalue weighted by Crippen LogP contribution is -2.50. The smallest absolute Gasteiger partial charge is 0.139 e. The molecule has 1 aliphatic rings. The molecule has 0 aromatic heterocycles. The van der Waals surface area contributed by atoms with E-state index in [0.29, 0.717) is 30.8 Å². The number of carbonyl (C=O) groups is 1. The quantitative estimate of drug-likeness (QED) is 0.685. The van der Waals surface area contributed by atoms with Crippen LogP contribution in [0.1, 0.15) is 26.7 Å². The molecule has 0 spiro atoms. The lowest BCUT2D eigenvalue weighted by molar-refractivity contribution is -0.130. The molecule has 13 heavy (non-hydrogen) atoms. The molecule has 0 aromatic carbocycles. The van der Waals surface area contributed by atoms with Crippen LogP contribution in [0, 0.1) is 5.92 Å². The molecule has 0 bridgehead atoms. The van der Waals surface area contributed by atoms with Crippen LogP contribution in [0.5, 0.6) is 0 Å². The van der Waals surface area contributed by atoms with Gasteiger partial charge in [-0.3, -0.25) is 9.69 Å². The summed E-state index contributed by atoms with van der Waals surface area (Å²) in [5, 5.41) is 0. The van der Waals surface area contributed by atoms with Crippen LogP contribution in [0.3, 0.4) is 0 Å². The Labute approximate surface area is 80.3 Å². The summed E-state index contributed by atoms with van der Waals surface area (Å²) in [4.78, 5) is 13.9. The van der Waals surface area contributed by atoms with Gasteiger partial charge in [0.2, 0.25) is 0 Å². The largest absolute Gasteiger partial charge is 0.330 e. The van der Waals surface area contributed by atoms with Crippen LogP contribution in [0.2, 0.25) is 0 Å². The zero-order valence-electron chi connectivity index (χ0n) is 8.79. The minimum Gasteiger partial charge on any atom is -0.330 e. The molecule has 0 radical (unpaired) electrons. The van der Waals surface area contributed by atoms with Crippen molar-refractivity contribution in [1.29, 1.82) is 0 Å². The first-order chi connectivity index (χ1) is 6.07. The van der Waals surface area contributed by atoms with Crippen molar-refractivity contribution in [3.8, 4) is 0 Å². The molecule has 1 rings (SSSR count). The first-order valence-corrected chi connectivity index (χ1v) is 5.02. The van der Waals surface area contributed by atoms with Crippen LogP contribution in [-0.2, 0) is 4.79 Å². The van der Waals surface area contributed by atoms with E-state index in [9.17, 15) is 4.79 Å². The average molecular weight is 184 g/mol. The summed E-state index contributed by atoms with van der Waals surface area (Å²) < 4.78 is 0. The zero-order valence-corrected chi connectivity index (χ0v) is 8.79. The molecule has 0 aromatic rings. The average Bonchev–Trinajstić information content (AvgIpc) is 2.09. The molecule has 1 heterocycles. The molecule has 0 amide bonds. The van der Waals surface area contributed by atoms with Gasteiger partial charge in [0.05, 0.1) is 0 Å². The fraction of sp³-hybridized carbons (Fsp3) is 0.900. The molecule has 3 heteroatoms. The number of nitrogens with zero attached hydrogens (tertiary/aromatic N) is 1. The lowest BCUT2D eigenvalue weighted by Gasteiger charge is -2.40. The second-order valence-electron chi connectivity index (χ2n) is 4.11. The van der Waals surface area contributed by atoms with E-state index in [0.717, 1.165) is 6.42 Å². The summed E-state index contributed by atoms with van der Waals surface area (Å²) in [6.07, 6.45) is 1.52. The van der Waals surface area contributed by atoms with Gasteiger partial charge >= 0.3 is 0 Å². The predicted octanol–water partition coefficient (Wildman–Crippen LogP) is 0.633. The van der Waals surface area contributed by atoms with Crippen LogP contribution in [-0.4, -0.2) is 36.4 Å². The maximum Gasteiger partial charge on any atom is 0.139 e. The first-order valence-electron chi connectivity index (χ1n) is 5.02. The van der Waals surface area contributed by atoms with E-state index in [4.69, 9.17) is 5.73 Å². The molecule has 3 nitrogen and oxygen atoms in total. The molecule has 1 aliphatic heterocycles. The number of Topliss-reactive ketones (excluding diaryl/α,β-unsaturated/α-hetero) is 1. The van der Waals surface area contributed by atoms with E-state index < -0.39 is 0 Å². The second kappa shape index (κ2) is 4.20. The lowest BCUT2D eigenvalue weighted by atomic mass is 9.84. The maximum atomic E-state index is 11.7. The Hall–Kier alpha value is -0.410. The van der Waals surface area contributed by atoms with E-state index in [1.165, 1.54) is 0 Å². The zero-order chi connectivity index (χ0) is 10.0. The van der Waals surface area contributed by atoms with Gasteiger partial charge < -0.3 is 5.73 Å². The highest BCUT2D eigenvalue weighted by Gasteiger charge is 2.35. The van der Waals surface area contributed by atoms with Gasteiger partial charge in [0, 0.05) is 24.4 Å². The molecule has 2 N–H and O–H groups in total. The Morgan fingerprint density at radius 1 is 1.54 bits per heavy atom. The Morgan fingerprint density at radius 2 is 2.15 bits per heavy atom. The van der Waals surface area contributed by atoms with Crippen molar-refractivity contribution in [1.82, 2.24) is 4.90 Å². The van der Waals surface area contributed by atoms with Crippen molar-refractivity contribution in [2.24, 2.45) is 11.7 Å². The SMILES string of the molecule is CC1CC(=O)C(CCN)C(C)N1C. The highest BCUT2D eigenvalue weighted by molar-refractivity contribution is 5.83. The molecule has 1 fully saturated rings. The summed E-state index contributed by atoms with van der Waals surface area (Å²) in [5.74, 6) is 0.551. The number of likely N-dealkylation sites (tertiary alicyclic amines) is 1. The maximum absolute atomic E-state index is 11.7. The van der Waals surface area contributed by atoms with Crippen LogP contribution in [0.25, 0.3) is 0 Å². The van der Waals surface area contributed by atoms with Gasteiger partial charge in [-0.15, -0.1) is 0 Å². The van der Waals surface area contributed by atoms with E-state index >= 15 is 0 Å². The number of piperidine rings is 1. The number of rotatable bonds is 2. The minimum absolute atomic E-state index is 0.159. The predicted molar refractivity (Wildman–Crippen MR) is 53.5 cm³/mol. The van der Waals surface area contributed by atoms with Crippen LogP contribution in [0.15, 0.2) is 0 Å². The van der Waals surface area contributed by atoms with Gasteiger partial charge in [0.25, 0.3) is 0 Å². The van der Waals surface area contributed by atoms with E-state index in [2.05, 4.69) is 25.8 Å². The molecule has 1 saturated heterocycles. The number of hydrogen-bond acceptors (Lipinski definition) is 3. The molecule has 0 aliphatic carbocycles. The third-order valence-corrected chi connectivity index (χ3v) is 3.31. The van der Waals surface area contributed by atoms with Crippen LogP contribution < -0.4 is 5.73 Å². The van der Waals surface area contributed by atoms with Gasteiger partial charge in [-0.25, -0.2) is 0 Å². The van der Waals surface area contributed by atoms with Gasteiger partial charge in [0.1, 0.15) is 5.78 Å².